The lowest BCUT2D eigenvalue weighted by Crippen LogP contribution is -2.03. The summed E-state index contributed by atoms with van der Waals surface area (Å²) < 4.78 is 2.19. The highest BCUT2D eigenvalue weighted by Gasteiger charge is 2.19. The van der Waals surface area contributed by atoms with Crippen molar-refractivity contribution in [2.24, 2.45) is 0 Å². The topological polar surface area (TPSA) is 75.2 Å². The zero-order valence-electron chi connectivity index (χ0n) is 15.0. The van der Waals surface area contributed by atoms with E-state index >= 15 is 0 Å². The summed E-state index contributed by atoms with van der Waals surface area (Å²) in [6, 6.07) is 10.3. The third kappa shape index (κ3) is 3.06. The molecule has 0 unspecified atom stereocenters. The minimum atomic E-state index is 0.811. The molecule has 0 aliphatic carbocycles. The van der Waals surface area contributed by atoms with Gasteiger partial charge in [0.2, 0.25) is 0 Å². The molecule has 0 spiro atoms. The summed E-state index contributed by atoms with van der Waals surface area (Å²) in [6.07, 6.45) is 7.23. The van der Waals surface area contributed by atoms with Crippen molar-refractivity contribution in [1.82, 2.24) is 29.5 Å². The second-order valence-electron chi connectivity index (χ2n) is 6.34. The van der Waals surface area contributed by atoms with Crippen LogP contribution in [0.15, 0.2) is 49.2 Å². The molecule has 0 saturated heterocycles. The van der Waals surface area contributed by atoms with Crippen molar-refractivity contribution < 1.29 is 0 Å². The molecule has 0 aliphatic rings. The lowest BCUT2D eigenvalue weighted by molar-refractivity contribution is 0.691. The highest BCUT2D eigenvalue weighted by atomic mass is 15.1. The molecule has 0 fully saturated rings. The lowest BCUT2D eigenvalue weighted by atomic mass is 10.1. The number of hydrogen-bond donors (Lipinski definition) is 2. The summed E-state index contributed by atoms with van der Waals surface area (Å²) in [5.74, 6) is 0.998. The molecule has 4 rings (SSSR count). The molecule has 2 N–H and O–H groups in total. The van der Waals surface area contributed by atoms with E-state index in [4.69, 9.17) is 9.97 Å². The Bertz CT molecular complexity index is 979. The average Bonchev–Trinajstić information content (AvgIpc) is 3.40. The summed E-state index contributed by atoms with van der Waals surface area (Å²) in [7, 11) is 0. The van der Waals surface area contributed by atoms with Gasteiger partial charge in [-0.1, -0.05) is 37.3 Å². The Hall–Kier alpha value is -3.15. The molecular weight excluding hydrogens is 324 g/mol. The maximum absolute atomic E-state index is 4.83. The highest BCUT2D eigenvalue weighted by Crippen LogP contribution is 2.32. The molecule has 0 aliphatic heterocycles. The van der Waals surface area contributed by atoms with Crippen LogP contribution in [0.1, 0.15) is 24.1 Å². The van der Waals surface area contributed by atoms with Crippen LogP contribution >= 0.6 is 0 Å². The van der Waals surface area contributed by atoms with Crippen molar-refractivity contribution in [3.63, 3.8) is 0 Å². The first kappa shape index (κ1) is 16.3. The van der Waals surface area contributed by atoms with Gasteiger partial charge in [0, 0.05) is 42.5 Å². The molecule has 6 heteroatoms. The van der Waals surface area contributed by atoms with Gasteiger partial charge in [-0.2, -0.15) is 0 Å². The van der Waals surface area contributed by atoms with E-state index < -0.39 is 0 Å². The summed E-state index contributed by atoms with van der Waals surface area (Å²) in [5, 5.41) is 0. The third-order valence-electron chi connectivity index (χ3n) is 4.55. The van der Waals surface area contributed by atoms with E-state index in [1.165, 1.54) is 0 Å². The molecule has 0 atom stereocenters. The number of H-pyrrole nitrogens is 2. The fourth-order valence-electron chi connectivity index (χ4n) is 3.19. The number of aromatic amines is 2. The zero-order valence-corrected chi connectivity index (χ0v) is 15.0. The standard InChI is InChI=1S/C20H22N6/c1-3-17-24-14(2)18(25-17)20-19(15-7-5-4-6-8-15)23-13-26(20)10-9-16-11-21-12-22-16/h4-8,11-13H,3,9-10H2,1-2H3,(H,21,22)(H,24,25). The van der Waals surface area contributed by atoms with E-state index in [9.17, 15) is 0 Å². The van der Waals surface area contributed by atoms with Gasteiger partial charge in [-0.15, -0.1) is 0 Å². The van der Waals surface area contributed by atoms with Gasteiger partial charge in [0.1, 0.15) is 11.5 Å². The Kier molecular flexibility index (Phi) is 4.39. The van der Waals surface area contributed by atoms with Crippen LogP contribution < -0.4 is 0 Å². The first-order valence-electron chi connectivity index (χ1n) is 8.90. The van der Waals surface area contributed by atoms with Crippen LogP contribution in [0, 0.1) is 6.92 Å². The molecule has 1 aromatic carbocycles. The van der Waals surface area contributed by atoms with Gasteiger partial charge in [-0.05, 0) is 6.92 Å². The summed E-state index contributed by atoms with van der Waals surface area (Å²) in [6.45, 7) is 4.99. The predicted molar refractivity (Wildman–Crippen MR) is 102 cm³/mol. The molecule has 0 amide bonds. The van der Waals surface area contributed by atoms with Gasteiger partial charge in [-0.3, -0.25) is 0 Å². The van der Waals surface area contributed by atoms with Crippen LogP contribution in [0.2, 0.25) is 0 Å². The molecule has 4 aromatic rings. The van der Waals surface area contributed by atoms with Gasteiger partial charge >= 0.3 is 0 Å². The van der Waals surface area contributed by atoms with E-state index in [0.717, 1.165) is 59.2 Å². The van der Waals surface area contributed by atoms with Gasteiger partial charge in [0.05, 0.1) is 24.0 Å². The van der Waals surface area contributed by atoms with Gasteiger partial charge in [0.15, 0.2) is 0 Å². The number of nitrogens with zero attached hydrogens (tertiary/aromatic N) is 4. The van der Waals surface area contributed by atoms with E-state index in [-0.39, 0.29) is 0 Å². The second kappa shape index (κ2) is 7.00. The van der Waals surface area contributed by atoms with E-state index in [2.05, 4.69) is 45.5 Å². The first-order valence-corrected chi connectivity index (χ1v) is 8.90. The Morgan fingerprint density at radius 1 is 1.12 bits per heavy atom. The first-order chi connectivity index (χ1) is 12.8. The summed E-state index contributed by atoms with van der Waals surface area (Å²) in [5.41, 5.74) is 6.28. The summed E-state index contributed by atoms with van der Waals surface area (Å²) in [4.78, 5) is 20.2. The monoisotopic (exact) mass is 346 g/mol. The average molecular weight is 346 g/mol. The van der Waals surface area contributed by atoms with E-state index in [1.54, 1.807) is 6.33 Å². The maximum atomic E-state index is 4.83. The Balaban J connectivity index is 1.79. The number of rotatable bonds is 6. The molecular formula is C20H22N6. The SMILES string of the molecule is CCc1nc(-c2c(-c3ccccc3)ncn2CCc2cnc[nH]2)c(C)[nH]1. The Labute approximate surface area is 152 Å². The number of aromatic nitrogens is 6. The van der Waals surface area contributed by atoms with Crippen LogP contribution in [0.4, 0.5) is 0 Å². The van der Waals surface area contributed by atoms with Crippen LogP contribution in [0.5, 0.6) is 0 Å². The Morgan fingerprint density at radius 2 is 1.96 bits per heavy atom. The molecule has 26 heavy (non-hydrogen) atoms. The number of aryl methyl sites for hydroxylation is 4. The van der Waals surface area contributed by atoms with Gasteiger partial charge < -0.3 is 14.5 Å². The van der Waals surface area contributed by atoms with Crippen LogP contribution in [-0.2, 0) is 19.4 Å². The third-order valence-corrected chi connectivity index (χ3v) is 4.55. The molecule has 3 aromatic heterocycles. The smallest absolute Gasteiger partial charge is 0.110 e. The van der Waals surface area contributed by atoms with Crippen molar-refractivity contribution in [2.75, 3.05) is 0 Å². The molecule has 132 valence electrons. The summed E-state index contributed by atoms with van der Waals surface area (Å²) >= 11 is 0. The molecule has 3 heterocycles. The zero-order chi connectivity index (χ0) is 17.9. The van der Waals surface area contributed by atoms with Crippen molar-refractivity contribution in [2.45, 2.75) is 33.2 Å². The highest BCUT2D eigenvalue weighted by molar-refractivity contribution is 5.77. The fourth-order valence-corrected chi connectivity index (χ4v) is 3.19. The number of imidazole rings is 3. The fraction of sp³-hybridized carbons (Fsp3) is 0.250. The largest absolute Gasteiger partial charge is 0.348 e. The number of benzene rings is 1. The van der Waals surface area contributed by atoms with Gasteiger partial charge in [-0.25, -0.2) is 15.0 Å². The predicted octanol–water partition coefficient (Wildman–Crippen LogP) is 3.78. The lowest BCUT2D eigenvalue weighted by Gasteiger charge is -2.09. The molecule has 0 saturated carbocycles. The Morgan fingerprint density at radius 3 is 2.65 bits per heavy atom. The van der Waals surface area contributed by atoms with Crippen molar-refractivity contribution in [3.05, 3.63) is 66.4 Å². The van der Waals surface area contributed by atoms with Crippen molar-refractivity contribution in [3.8, 4) is 22.6 Å². The van der Waals surface area contributed by atoms with Crippen LogP contribution in [0.3, 0.4) is 0 Å². The molecule has 0 bridgehead atoms. The minimum absolute atomic E-state index is 0.811. The maximum Gasteiger partial charge on any atom is 0.110 e. The van der Waals surface area contributed by atoms with Crippen molar-refractivity contribution in [1.29, 1.82) is 0 Å². The molecule has 0 radical (unpaired) electrons. The quantitative estimate of drug-likeness (QED) is 0.558. The minimum Gasteiger partial charge on any atom is -0.348 e. The van der Waals surface area contributed by atoms with Crippen molar-refractivity contribution >= 4 is 0 Å². The van der Waals surface area contributed by atoms with E-state index in [1.807, 2.05) is 30.7 Å². The number of hydrogen-bond acceptors (Lipinski definition) is 3. The second-order valence-corrected chi connectivity index (χ2v) is 6.34. The number of nitrogens with one attached hydrogen (secondary N) is 2. The molecule has 6 nitrogen and oxygen atoms in total. The normalized spacial score (nSPS) is 11.2. The van der Waals surface area contributed by atoms with Crippen LogP contribution in [-0.4, -0.2) is 29.5 Å². The van der Waals surface area contributed by atoms with Gasteiger partial charge in [0.25, 0.3) is 0 Å². The van der Waals surface area contributed by atoms with Crippen LogP contribution in [0.25, 0.3) is 22.6 Å². The van der Waals surface area contributed by atoms with E-state index in [0.29, 0.717) is 0 Å².